The molecule has 0 aromatic heterocycles. The fourth-order valence-corrected chi connectivity index (χ4v) is 4.54. The Morgan fingerprint density at radius 3 is 3.12 bits per heavy atom. The molecule has 1 unspecified atom stereocenters. The number of hydrogen-bond donors (Lipinski definition) is 2. The first-order chi connectivity index (χ1) is 8.11. The first kappa shape index (κ1) is 11.6. The lowest BCUT2D eigenvalue weighted by Crippen LogP contribution is -2.42. The fourth-order valence-electron chi connectivity index (χ4n) is 2.63. The average molecular weight is 314 g/mol. The number of nitrogens with one attached hydrogen (secondary N) is 1. The highest BCUT2D eigenvalue weighted by atomic mass is 79.9. The van der Waals surface area contributed by atoms with E-state index < -0.39 is 12.0 Å². The lowest BCUT2D eigenvalue weighted by Gasteiger charge is -2.24. The molecule has 3 rings (SSSR count). The Kier molecular flexibility index (Phi) is 2.72. The number of carboxylic acid groups (broad SMARTS) is 1. The van der Waals surface area contributed by atoms with Gasteiger partial charge in [0.05, 0.1) is 4.87 Å². The molecule has 1 aliphatic heterocycles. The van der Waals surface area contributed by atoms with Crippen LogP contribution in [0.3, 0.4) is 0 Å². The third-order valence-electron chi connectivity index (χ3n) is 3.45. The molecule has 0 amide bonds. The Morgan fingerprint density at radius 1 is 1.59 bits per heavy atom. The zero-order valence-electron chi connectivity index (χ0n) is 9.07. The van der Waals surface area contributed by atoms with Gasteiger partial charge in [0.25, 0.3) is 0 Å². The second-order valence-corrected chi connectivity index (χ2v) is 6.71. The smallest absolute Gasteiger partial charge is 0.321 e. The summed E-state index contributed by atoms with van der Waals surface area (Å²) in [5.74, 6) is -0.106. The Bertz CT molecular complexity index is 493. The van der Waals surface area contributed by atoms with E-state index in [0.717, 1.165) is 17.3 Å². The molecule has 1 heterocycles. The molecule has 0 saturated carbocycles. The van der Waals surface area contributed by atoms with Gasteiger partial charge in [0.2, 0.25) is 0 Å². The van der Waals surface area contributed by atoms with E-state index in [0.29, 0.717) is 5.75 Å². The Labute approximate surface area is 112 Å². The monoisotopic (exact) mass is 313 g/mol. The Balaban J connectivity index is 1.96. The van der Waals surface area contributed by atoms with Gasteiger partial charge in [0, 0.05) is 10.2 Å². The molecule has 0 bridgehead atoms. The van der Waals surface area contributed by atoms with E-state index in [9.17, 15) is 4.79 Å². The zero-order chi connectivity index (χ0) is 12.0. The molecule has 1 aromatic carbocycles. The quantitative estimate of drug-likeness (QED) is 0.835. The molecule has 17 heavy (non-hydrogen) atoms. The lowest BCUT2D eigenvalue weighted by molar-refractivity contribution is -0.138. The van der Waals surface area contributed by atoms with Crippen LogP contribution in [0.5, 0.6) is 0 Å². The first-order valence-electron chi connectivity index (χ1n) is 5.54. The van der Waals surface area contributed by atoms with E-state index in [1.165, 1.54) is 11.1 Å². The van der Waals surface area contributed by atoms with Crippen LogP contribution in [0, 0.1) is 0 Å². The van der Waals surface area contributed by atoms with Crippen LogP contribution in [0.4, 0.5) is 0 Å². The van der Waals surface area contributed by atoms with Crippen molar-refractivity contribution in [2.45, 2.75) is 23.8 Å². The molecule has 1 aliphatic carbocycles. The van der Waals surface area contributed by atoms with Gasteiger partial charge in [-0.1, -0.05) is 22.0 Å². The predicted molar refractivity (Wildman–Crippen MR) is 71.2 cm³/mol. The molecule has 3 nitrogen and oxygen atoms in total. The van der Waals surface area contributed by atoms with E-state index >= 15 is 0 Å². The summed E-state index contributed by atoms with van der Waals surface area (Å²) in [5.41, 5.74) is 2.58. The van der Waals surface area contributed by atoms with Crippen molar-refractivity contribution in [1.29, 1.82) is 0 Å². The van der Waals surface area contributed by atoms with E-state index in [1.54, 1.807) is 11.8 Å². The summed E-state index contributed by atoms with van der Waals surface area (Å²) in [6, 6.07) is 5.86. The summed E-state index contributed by atoms with van der Waals surface area (Å²) in [7, 11) is 0. The molecule has 5 heteroatoms. The van der Waals surface area contributed by atoms with Gasteiger partial charge in [0.15, 0.2) is 0 Å². The molecular weight excluding hydrogens is 302 g/mol. The maximum absolute atomic E-state index is 11.0. The van der Waals surface area contributed by atoms with Gasteiger partial charge in [-0.2, -0.15) is 0 Å². The second kappa shape index (κ2) is 4.00. The minimum atomic E-state index is -0.750. The lowest BCUT2D eigenvalue weighted by atomic mass is 10.1. The third kappa shape index (κ3) is 1.80. The number of thioether (sulfide) groups is 1. The van der Waals surface area contributed by atoms with Gasteiger partial charge in [-0.05, 0) is 36.1 Å². The number of carbonyl (C=O) groups is 1. The van der Waals surface area contributed by atoms with Crippen molar-refractivity contribution in [3.05, 3.63) is 33.8 Å². The number of hydrogen-bond acceptors (Lipinski definition) is 3. The van der Waals surface area contributed by atoms with E-state index in [4.69, 9.17) is 5.11 Å². The predicted octanol–water partition coefficient (Wildman–Crippen LogP) is 2.34. The molecule has 90 valence electrons. The van der Waals surface area contributed by atoms with Gasteiger partial charge >= 0.3 is 5.97 Å². The van der Waals surface area contributed by atoms with Crippen LogP contribution in [-0.2, 0) is 16.1 Å². The highest BCUT2D eigenvalue weighted by Gasteiger charge is 2.46. The van der Waals surface area contributed by atoms with E-state index in [-0.39, 0.29) is 4.87 Å². The van der Waals surface area contributed by atoms with Crippen LogP contribution in [0.15, 0.2) is 22.7 Å². The standard InChI is InChI=1S/C12H12BrNO2S/c13-8-1-2-9-7(5-8)3-4-12(9)14-10(6-17-12)11(15)16/h1-2,5,10,14H,3-4,6H2,(H,15,16)/t10-,12?/m1/s1. The number of rotatable bonds is 1. The van der Waals surface area contributed by atoms with Crippen LogP contribution in [0.1, 0.15) is 17.5 Å². The van der Waals surface area contributed by atoms with Gasteiger partial charge < -0.3 is 5.11 Å². The summed E-state index contributed by atoms with van der Waals surface area (Å²) in [6.07, 6.45) is 1.99. The number of carboxylic acids is 1. The summed E-state index contributed by atoms with van der Waals surface area (Å²) in [5, 5.41) is 12.4. The van der Waals surface area contributed by atoms with E-state index in [2.05, 4.69) is 33.4 Å². The van der Waals surface area contributed by atoms with Crippen LogP contribution in [-0.4, -0.2) is 22.9 Å². The molecule has 2 N–H and O–H groups in total. The SMILES string of the molecule is O=C(O)[C@H]1CSC2(CCc3cc(Br)ccc32)N1. The fraction of sp³-hybridized carbons (Fsp3) is 0.417. The van der Waals surface area contributed by atoms with Crippen molar-refractivity contribution >= 4 is 33.7 Å². The van der Waals surface area contributed by atoms with Gasteiger partial charge in [0.1, 0.15) is 6.04 Å². The van der Waals surface area contributed by atoms with Crippen LogP contribution < -0.4 is 5.32 Å². The van der Waals surface area contributed by atoms with Crippen molar-refractivity contribution < 1.29 is 9.90 Å². The minimum absolute atomic E-state index is 0.168. The normalized spacial score (nSPS) is 30.8. The number of aliphatic carboxylic acids is 1. The molecule has 1 saturated heterocycles. The van der Waals surface area contributed by atoms with Gasteiger partial charge in [-0.15, -0.1) is 11.8 Å². The molecule has 1 spiro atoms. The van der Waals surface area contributed by atoms with Gasteiger partial charge in [-0.25, -0.2) is 0 Å². The topological polar surface area (TPSA) is 49.3 Å². The largest absolute Gasteiger partial charge is 0.480 e. The number of halogens is 1. The minimum Gasteiger partial charge on any atom is -0.480 e. The maximum atomic E-state index is 11.0. The molecule has 2 aliphatic rings. The summed E-state index contributed by atoms with van der Waals surface area (Å²) >= 11 is 5.21. The van der Waals surface area contributed by atoms with Crippen LogP contribution >= 0.6 is 27.7 Å². The maximum Gasteiger partial charge on any atom is 0.321 e. The Morgan fingerprint density at radius 2 is 2.41 bits per heavy atom. The number of aryl methyl sites for hydroxylation is 1. The van der Waals surface area contributed by atoms with Crippen molar-refractivity contribution in [1.82, 2.24) is 5.32 Å². The number of fused-ring (bicyclic) bond motifs is 2. The molecule has 2 atom stereocenters. The zero-order valence-corrected chi connectivity index (χ0v) is 11.5. The van der Waals surface area contributed by atoms with Crippen molar-refractivity contribution in [2.75, 3.05) is 5.75 Å². The Hall–Kier alpha value is -0.520. The highest BCUT2D eigenvalue weighted by Crippen LogP contribution is 2.49. The van der Waals surface area contributed by atoms with Crippen LogP contribution in [0.25, 0.3) is 0 Å². The molecule has 1 aromatic rings. The molecule has 0 radical (unpaired) electrons. The van der Waals surface area contributed by atoms with Crippen molar-refractivity contribution in [3.8, 4) is 0 Å². The first-order valence-corrected chi connectivity index (χ1v) is 7.32. The highest BCUT2D eigenvalue weighted by molar-refractivity contribution is 9.10. The third-order valence-corrected chi connectivity index (χ3v) is 5.48. The molecule has 1 fully saturated rings. The van der Waals surface area contributed by atoms with Crippen molar-refractivity contribution in [3.63, 3.8) is 0 Å². The summed E-state index contributed by atoms with van der Waals surface area (Å²) < 4.78 is 1.09. The summed E-state index contributed by atoms with van der Waals surface area (Å²) in [4.78, 5) is 10.9. The summed E-state index contributed by atoms with van der Waals surface area (Å²) in [6.45, 7) is 0. The molecular formula is C12H12BrNO2S. The van der Waals surface area contributed by atoms with Crippen molar-refractivity contribution in [2.24, 2.45) is 0 Å². The van der Waals surface area contributed by atoms with Crippen LogP contribution in [0.2, 0.25) is 0 Å². The van der Waals surface area contributed by atoms with Gasteiger partial charge in [-0.3, -0.25) is 10.1 Å². The number of benzene rings is 1. The van der Waals surface area contributed by atoms with E-state index in [1.807, 2.05) is 6.07 Å². The average Bonchev–Trinajstić information content (AvgIpc) is 2.86. The second-order valence-electron chi connectivity index (χ2n) is 4.47.